The Hall–Kier alpha value is -2.09. The summed E-state index contributed by atoms with van der Waals surface area (Å²) in [6, 6.07) is 10.4. The van der Waals surface area contributed by atoms with E-state index in [2.05, 4.69) is 29.6 Å². The number of anilines is 1. The molecule has 0 aromatic heterocycles. The normalized spacial score (nSPS) is 13.2. The van der Waals surface area contributed by atoms with Crippen molar-refractivity contribution in [3.8, 4) is 0 Å². The number of allylic oxidation sites excluding steroid dienone is 1. The summed E-state index contributed by atoms with van der Waals surface area (Å²) in [6.07, 6.45) is 3.87. The van der Waals surface area contributed by atoms with Crippen LogP contribution in [0.15, 0.2) is 36.4 Å². The van der Waals surface area contributed by atoms with Gasteiger partial charge in [-0.1, -0.05) is 30.3 Å². The maximum atomic E-state index is 8.02. The number of nitrogens with one attached hydrogen (secondary N) is 2. The first kappa shape index (κ1) is 9.16. The van der Waals surface area contributed by atoms with Crippen molar-refractivity contribution in [2.45, 2.75) is 0 Å². The first-order chi connectivity index (χ1) is 7.81. The fraction of sp³-hybridized carbons (Fsp3) is 0.0714. The molecule has 2 aromatic rings. The van der Waals surface area contributed by atoms with Crippen molar-refractivity contribution in [2.75, 3.05) is 12.4 Å². The molecule has 1 aliphatic carbocycles. The van der Waals surface area contributed by atoms with Crippen molar-refractivity contribution in [1.29, 1.82) is 5.41 Å². The Morgan fingerprint density at radius 3 is 2.75 bits per heavy atom. The lowest BCUT2D eigenvalue weighted by Crippen LogP contribution is -2.06. The molecule has 0 saturated heterocycles. The second kappa shape index (κ2) is 3.20. The van der Waals surface area contributed by atoms with Gasteiger partial charge < -0.3 is 10.7 Å². The highest BCUT2D eigenvalue weighted by Crippen LogP contribution is 2.33. The predicted octanol–water partition coefficient (Wildman–Crippen LogP) is 3.28. The summed E-state index contributed by atoms with van der Waals surface area (Å²) in [7, 11) is 1.89. The van der Waals surface area contributed by atoms with Gasteiger partial charge in [0, 0.05) is 23.7 Å². The average Bonchev–Trinajstić information content (AvgIpc) is 2.33. The molecule has 1 aliphatic rings. The van der Waals surface area contributed by atoms with E-state index in [0.717, 1.165) is 11.3 Å². The molecular weight excluding hydrogens is 196 g/mol. The molecule has 0 saturated carbocycles. The highest BCUT2D eigenvalue weighted by Gasteiger charge is 2.15. The Balaban J connectivity index is 2.53. The molecule has 0 atom stereocenters. The van der Waals surface area contributed by atoms with Crippen LogP contribution in [0.2, 0.25) is 0 Å². The minimum atomic E-state index is 0.577. The van der Waals surface area contributed by atoms with Crippen molar-refractivity contribution >= 4 is 28.2 Å². The minimum absolute atomic E-state index is 0.577. The Labute approximate surface area is 94.1 Å². The Morgan fingerprint density at radius 1 is 1.06 bits per heavy atom. The highest BCUT2D eigenvalue weighted by molar-refractivity contribution is 6.24. The smallest absolute Gasteiger partial charge is 0.0639 e. The van der Waals surface area contributed by atoms with Crippen molar-refractivity contribution in [3.05, 3.63) is 47.5 Å². The van der Waals surface area contributed by atoms with E-state index in [0.29, 0.717) is 5.71 Å². The van der Waals surface area contributed by atoms with E-state index < -0.39 is 0 Å². The van der Waals surface area contributed by atoms with Gasteiger partial charge in [0.25, 0.3) is 0 Å². The average molecular weight is 208 g/mol. The van der Waals surface area contributed by atoms with Gasteiger partial charge in [-0.3, -0.25) is 0 Å². The van der Waals surface area contributed by atoms with Gasteiger partial charge >= 0.3 is 0 Å². The van der Waals surface area contributed by atoms with E-state index in [1.807, 2.05) is 25.3 Å². The van der Waals surface area contributed by atoms with Gasteiger partial charge in [-0.2, -0.15) is 0 Å². The summed E-state index contributed by atoms with van der Waals surface area (Å²) < 4.78 is 0. The Morgan fingerprint density at radius 2 is 1.94 bits per heavy atom. The van der Waals surface area contributed by atoms with Gasteiger partial charge in [0.1, 0.15) is 0 Å². The Bertz CT molecular complexity index is 624. The Kier molecular flexibility index (Phi) is 1.83. The molecule has 2 nitrogen and oxygen atoms in total. The van der Waals surface area contributed by atoms with Crippen LogP contribution in [0.3, 0.4) is 0 Å². The molecule has 2 N–H and O–H groups in total. The maximum absolute atomic E-state index is 8.02. The van der Waals surface area contributed by atoms with Gasteiger partial charge in [0.15, 0.2) is 0 Å². The maximum Gasteiger partial charge on any atom is 0.0639 e. The van der Waals surface area contributed by atoms with Crippen LogP contribution in [0.1, 0.15) is 11.1 Å². The van der Waals surface area contributed by atoms with Crippen LogP contribution in [0.5, 0.6) is 0 Å². The summed E-state index contributed by atoms with van der Waals surface area (Å²) in [4.78, 5) is 0. The first-order valence-corrected chi connectivity index (χ1v) is 5.32. The molecule has 0 amide bonds. The van der Waals surface area contributed by atoms with E-state index in [1.54, 1.807) is 0 Å². The minimum Gasteiger partial charge on any atom is -0.388 e. The number of hydrogen-bond acceptors (Lipinski definition) is 2. The largest absolute Gasteiger partial charge is 0.388 e. The zero-order valence-corrected chi connectivity index (χ0v) is 9.04. The van der Waals surface area contributed by atoms with Gasteiger partial charge in [-0.15, -0.1) is 0 Å². The molecular formula is C14H12N2. The number of benzene rings is 2. The fourth-order valence-corrected chi connectivity index (χ4v) is 2.29. The monoisotopic (exact) mass is 208 g/mol. The summed E-state index contributed by atoms with van der Waals surface area (Å²) >= 11 is 0. The van der Waals surface area contributed by atoms with Crippen molar-refractivity contribution in [3.63, 3.8) is 0 Å². The topological polar surface area (TPSA) is 35.9 Å². The lowest BCUT2D eigenvalue weighted by Gasteiger charge is -2.17. The quantitative estimate of drug-likeness (QED) is 0.741. The molecule has 0 aliphatic heterocycles. The fourth-order valence-electron chi connectivity index (χ4n) is 2.29. The molecule has 0 radical (unpaired) electrons. The standard InChI is InChI=1S/C14H12N2/c1-16-12-8-6-10-4-2-3-9-5-7-11(15)14(12)13(9)10/h2-8,15-16H,1H3. The molecule has 0 heterocycles. The van der Waals surface area contributed by atoms with E-state index in [9.17, 15) is 0 Å². The van der Waals surface area contributed by atoms with Crippen LogP contribution in [-0.4, -0.2) is 12.8 Å². The van der Waals surface area contributed by atoms with Gasteiger partial charge in [0.05, 0.1) is 5.71 Å². The van der Waals surface area contributed by atoms with Crippen LogP contribution < -0.4 is 5.32 Å². The van der Waals surface area contributed by atoms with Crippen molar-refractivity contribution in [2.24, 2.45) is 0 Å². The van der Waals surface area contributed by atoms with E-state index in [1.165, 1.54) is 16.3 Å². The molecule has 16 heavy (non-hydrogen) atoms. The van der Waals surface area contributed by atoms with E-state index in [-0.39, 0.29) is 0 Å². The second-order valence-corrected chi connectivity index (χ2v) is 3.93. The third-order valence-corrected chi connectivity index (χ3v) is 3.05. The van der Waals surface area contributed by atoms with Crippen LogP contribution in [0.25, 0.3) is 16.8 Å². The second-order valence-electron chi connectivity index (χ2n) is 3.93. The molecule has 2 aromatic carbocycles. The summed E-state index contributed by atoms with van der Waals surface area (Å²) in [5.41, 5.74) is 3.81. The summed E-state index contributed by atoms with van der Waals surface area (Å²) in [5, 5.41) is 13.6. The highest BCUT2D eigenvalue weighted by atomic mass is 14.8. The molecule has 2 heteroatoms. The van der Waals surface area contributed by atoms with Crippen molar-refractivity contribution < 1.29 is 0 Å². The van der Waals surface area contributed by atoms with Gasteiger partial charge in [-0.25, -0.2) is 0 Å². The zero-order valence-electron chi connectivity index (χ0n) is 9.04. The lowest BCUT2D eigenvalue weighted by molar-refractivity contribution is 1.46. The van der Waals surface area contributed by atoms with Crippen LogP contribution in [-0.2, 0) is 0 Å². The molecule has 0 bridgehead atoms. The SMILES string of the molecule is CNc1ccc2cccc3c2c1C(=N)C=C3. The van der Waals surface area contributed by atoms with E-state index in [4.69, 9.17) is 5.41 Å². The summed E-state index contributed by atoms with van der Waals surface area (Å²) in [5.74, 6) is 0. The third kappa shape index (κ3) is 1.10. The molecule has 0 unspecified atom stereocenters. The molecule has 0 spiro atoms. The van der Waals surface area contributed by atoms with Crippen LogP contribution in [0, 0.1) is 5.41 Å². The summed E-state index contributed by atoms with van der Waals surface area (Å²) in [6.45, 7) is 0. The lowest BCUT2D eigenvalue weighted by atomic mass is 9.90. The van der Waals surface area contributed by atoms with Crippen LogP contribution >= 0.6 is 0 Å². The zero-order chi connectivity index (χ0) is 11.1. The van der Waals surface area contributed by atoms with Gasteiger partial charge in [0.2, 0.25) is 0 Å². The molecule has 3 rings (SSSR count). The van der Waals surface area contributed by atoms with Crippen LogP contribution in [0.4, 0.5) is 5.69 Å². The number of rotatable bonds is 1. The van der Waals surface area contributed by atoms with Crippen molar-refractivity contribution in [1.82, 2.24) is 0 Å². The number of hydrogen-bond donors (Lipinski definition) is 2. The molecule has 0 fully saturated rings. The predicted molar refractivity (Wildman–Crippen MR) is 69.4 cm³/mol. The first-order valence-electron chi connectivity index (χ1n) is 5.32. The van der Waals surface area contributed by atoms with Gasteiger partial charge in [-0.05, 0) is 23.1 Å². The van der Waals surface area contributed by atoms with E-state index >= 15 is 0 Å². The molecule has 78 valence electrons. The third-order valence-electron chi connectivity index (χ3n) is 3.05.